The highest BCUT2D eigenvalue weighted by Crippen LogP contribution is 2.23. The number of rotatable bonds is 4. The molecule has 0 radical (unpaired) electrons. The van der Waals surface area contributed by atoms with Crippen LogP contribution in [0.4, 0.5) is 5.69 Å². The number of imidazole rings is 1. The highest BCUT2D eigenvalue weighted by Gasteiger charge is 2.06. The maximum absolute atomic E-state index is 6.05. The molecule has 4 heteroatoms. The summed E-state index contributed by atoms with van der Waals surface area (Å²) >= 11 is 6.05. The molecule has 3 aromatic rings. The normalized spacial score (nSPS) is 12.1. The van der Waals surface area contributed by atoms with Gasteiger partial charge in [-0.25, -0.2) is 4.98 Å². The second kappa shape index (κ2) is 6.02. The molecule has 1 N–H and O–H groups in total. The first-order valence-corrected chi connectivity index (χ1v) is 7.20. The number of nitrogens with one attached hydrogen (secondary N) is 1. The Morgan fingerprint density at radius 2 is 2.00 bits per heavy atom. The third-order valence-corrected chi connectivity index (χ3v) is 3.62. The van der Waals surface area contributed by atoms with Crippen LogP contribution in [-0.4, -0.2) is 9.55 Å². The van der Waals surface area contributed by atoms with Gasteiger partial charge in [0, 0.05) is 34.8 Å². The number of benzene rings is 2. The summed E-state index contributed by atoms with van der Waals surface area (Å²) in [4.78, 5) is 4.07. The molecule has 0 saturated carbocycles. The number of hydrogen-bond acceptors (Lipinski definition) is 2. The molecular formula is C17H16ClN3. The molecule has 1 unspecified atom stereocenters. The van der Waals surface area contributed by atoms with Crippen molar-refractivity contribution in [2.45, 2.75) is 13.0 Å². The minimum absolute atomic E-state index is 0.182. The van der Waals surface area contributed by atoms with E-state index in [9.17, 15) is 0 Å². The summed E-state index contributed by atoms with van der Waals surface area (Å²) in [7, 11) is 0. The smallest absolute Gasteiger partial charge is 0.0991 e. The van der Waals surface area contributed by atoms with Crippen molar-refractivity contribution in [3.8, 4) is 5.69 Å². The zero-order valence-electron chi connectivity index (χ0n) is 11.7. The molecule has 3 nitrogen and oxygen atoms in total. The van der Waals surface area contributed by atoms with Gasteiger partial charge in [0.05, 0.1) is 6.33 Å². The van der Waals surface area contributed by atoms with Crippen LogP contribution < -0.4 is 5.32 Å². The van der Waals surface area contributed by atoms with Crippen molar-refractivity contribution >= 4 is 17.3 Å². The second-order valence-electron chi connectivity index (χ2n) is 4.94. The molecule has 0 fully saturated rings. The monoisotopic (exact) mass is 297 g/mol. The van der Waals surface area contributed by atoms with E-state index in [0.29, 0.717) is 0 Å². The molecule has 0 aliphatic carbocycles. The summed E-state index contributed by atoms with van der Waals surface area (Å²) in [5.41, 5.74) is 3.31. The molecule has 0 aliphatic rings. The van der Waals surface area contributed by atoms with Crippen LogP contribution in [0.1, 0.15) is 18.5 Å². The lowest BCUT2D eigenvalue weighted by atomic mass is 10.1. The molecule has 1 atom stereocenters. The molecule has 3 rings (SSSR count). The van der Waals surface area contributed by atoms with Crippen molar-refractivity contribution in [3.05, 3.63) is 77.8 Å². The first-order chi connectivity index (χ1) is 10.2. The molecule has 0 aliphatic heterocycles. The van der Waals surface area contributed by atoms with Crippen LogP contribution >= 0.6 is 11.6 Å². The van der Waals surface area contributed by atoms with Crippen LogP contribution in [0.3, 0.4) is 0 Å². The van der Waals surface area contributed by atoms with Crippen LogP contribution in [0.2, 0.25) is 5.02 Å². The first kappa shape index (κ1) is 13.7. The predicted octanol–water partition coefficient (Wildman–Crippen LogP) is 4.70. The Balaban J connectivity index is 1.80. The number of hydrogen-bond donors (Lipinski definition) is 1. The molecule has 21 heavy (non-hydrogen) atoms. The maximum Gasteiger partial charge on any atom is 0.0991 e. The lowest BCUT2D eigenvalue weighted by Crippen LogP contribution is -2.06. The number of halogens is 1. The van der Waals surface area contributed by atoms with Gasteiger partial charge >= 0.3 is 0 Å². The minimum atomic E-state index is 0.182. The predicted molar refractivity (Wildman–Crippen MR) is 87.1 cm³/mol. The van der Waals surface area contributed by atoms with E-state index in [0.717, 1.165) is 22.0 Å². The van der Waals surface area contributed by atoms with E-state index in [4.69, 9.17) is 11.6 Å². The standard InChI is InChI=1S/C17H16ClN3/c1-13(14-4-2-5-15(18)10-14)20-16-6-3-7-17(11-16)21-9-8-19-12-21/h2-13,20H,1H3. The van der Waals surface area contributed by atoms with Crippen LogP contribution in [0, 0.1) is 0 Å². The molecule has 106 valence electrons. The SMILES string of the molecule is CC(Nc1cccc(-n2ccnc2)c1)c1cccc(Cl)c1. The van der Waals surface area contributed by atoms with E-state index >= 15 is 0 Å². The van der Waals surface area contributed by atoms with Gasteiger partial charge in [0.2, 0.25) is 0 Å². The molecule has 0 bridgehead atoms. The average molecular weight is 298 g/mol. The van der Waals surface area contributed by atoms with Crippen LogP contribution in [0.15, 0.2) is 67.3 Å². The van der Waals surface area contributed by atoms with Gasteiger partial charge in [0.25, 0.3) is 0 Å². The third kappa shape index (κ3) is 3.26. The summed E-state index contributed by atoms with van der Waals surface area (Å²) in [5.74, 6) is 0. The summed E-state index contributed by atoms with van der Waals surface area (Å²) in [6.07, 6.45) is 5.49. The summed E-state index contributed by atoms with van der Waals surface area (Å²) in [6.45, 7) is 2.12. The lowest BCUT2D eigenvalue weighted by Gasteiger charge is -2.16. The van der Waals surface area contributed by atoms with Crippen LogP contribution in [0.25, 0.3) is 5.69 Å². The third-order valence-electron chi connectivity index (χ3n) is 3.38. The van der Waals surface area contributed by atoms with Crippen LogP contribution in [-0.2, 0) is 0 Å². The van der Waals surface area contributed by atoms with Gasteiger partial charge in [0.1, 0.15) is 0 Å². The van der Waals surface area contributed by atoms with Crippen molar-refractivity contribution in [3.63, 3.8) is 0 Å². The van der Waals surface area contributed by atoms with Gasteiger partial charge < -0.3 is 9.88 Å². The molecule has 2 aromatic carbocycles. The van der Waals surface area contributed by atoms with E-state index in [1.807, 2.05) is 35.0 Å². The van der Waals surface area contributed by atoms with Crippen molar-refractivity contribution in [1.29, 1.82) is 0 Å². The Labute approximate surface area is 129 Å². The van der Waals surface area contributed by atoms with Gasteiger partial charge in [-0.15, -0.1) is 0 Å². The Bertz CT molecular complexity index is 722. The Morgan fingerprint density at radius 3 is 2.76 bits per heavy atom. The van der Waals surface area contributed by atoms with E-state index in [1.165, 1.54) is 0 Å². The minimum Gasteiger partial charge on any atom is -0.378 e. The second-order valence-corrected chi connectivity index (χ2v) is 5.38. The first-order valence-electron chi connectivity index (χ1n) is 6.83. The Morgan fingerprint density at radius 1 is 1.14 bits per heavy atom. The molecule has 0 amide bonds. The molecule has 1 aromatic heterocycles. The Hall–Kier alpha value is -2.26. The topological polar surface area (TPSA) is 29.9 Å². The van der Waals surface area contributed by atoms with E-state index in [2.05, 4.69) is 41.5 Å². The number of aromatic nitrogens is 2. The molecule has 0 saturated heterocycles. The van der Waals surface area contributed by atoms with E-state index in [-0.39, 0.29) is 6.04 Å². The fraction of sp³-hybridized carbons (Fsp3) is 0.118. The van der Waals surface area contributed by atoms with Gasteiger partial charge in [-0.1, -0.05) is 29.8 Å². The van der Waals surface area contributed by atoms with E-state index in [1.54, 1.807) is 12.5 Å². The summed E-state index contributed by atoms with van der Waals surface area (Å²) in [6, 6.07) is 16.3. The van der Waals surface area contributed by atoms with E-state index < -0.39 is 0 Å². The van der Waals surface area contributed by atoms with Crippen molar-refractivity contribution in [1.82, 2.24) is 9.55 Å². The average Bonchev–Trinajstić information content (AvgIpc) is 3.02. The number of nitrogens with zero attached hydrogens (tertiary/aromatic N) is 2. The lowest BCUT2D eigenvalue weighted by molar-refractivity contribution is 0.884. The van der Waals surface area contributed by atoms with Crippen LogP contribution in [0.5, 0.6) is 0 Å². The maximum atomic E-state index is 6.05. The molecular weight excluding hydrogens is 282 g/mol. The Kier molecular flexibility index (Phi) is 3.93. The largest absolute Gasteiger partial charge is 0.378 e. The fourth-order valence-corrected chi connectivity index (χ4v) is 2.48. The quantitative estimate of drug-likeness (QED) is 0.756. The zero-order chi connectivity index (χ0) is 14.7. The van der Waals surface area contributed by atoms with Crippen molar-refractivity contribution < 1.29 is 0 Å². The number of anilines is 1. The van der Waals surface area contributed by atoms with Crippen molar-refractivity contribution in [2.75, 3.05) is 5.32 Å². The highest BCUT2D eigenvalue weighted by atomic mass is 35.5. The molecule has 1 heterocycles. The highest BCUT2D eigenvalue weighted by molar-refractivity contribution is 6.30. The van der Waals surface area contributed by atoms with Gasteiger partial charge in [-0.05, 0) is 42.8 Å². The van der Waals surface area contributed by atoms with Gasteiger partial charge in [0.15, 0.2) is 0 Å². The summed E-state index contributed by atoms with van der Waals surface area (Å²) < 4.78 is 1.98. The summed E-state index contributed by atoms with van der Waals surface area (Å²) in [5, 5.41) is 4.25. The fourth-order valence-electron chi connectivity index (χ4n) is 2.28. The van der Waals surface area contributed by atoms with Gasteiger partial charge in [-0.3, -0.25) is 0 Å². The molecule has 0 spiro atoms. The van der Waals surface area contributed by atoms with Crippen molar-refractivity contribution in [2.24, 2.45) is 0 Å². The zero-order valence-corrected chi connectivity index (χ0v) is 12.5. The van der Waals surface area contributed by atoms with Gasteiger partial charge in [-0.2, -0.15) is 0 Å².